The minimum Gasteiger partial charge on any atom is -0.392 e. The minimum absolute atomic E-state index is 0.0440. The van der Waals surface area contributed by atoms with Crippen molar-refractivity contribution in [3.63, 3.8) is 0 Å². The van der Waals surface area contributed by atoms with Crippen molar-refractivity contribution < 1.29 is 5.11 Å². The van der Waals surface area contributed by atoms with Crippen LogP contribution in [0.2, 0.25) is 0 Å². The molecule has 1 aliphatic rings. The van der Waals surface area contributed by atoms with Crippen LogP contribution in [0.1, 0.15) is 19.8 Å². The molecule has 1 rings (SSSR count). The first-order chi connectivity index (χ1) is 4.93. The maximum absolute atomic E-state index is 9.47. The predicted molar refractivity (Wildman–Crippen MR) is 48.0 cm³/mol. The summed E-state index contributed by atoms with van der Waals surface area (Å²) in [6, 6.07) is 0. The minimum atomic E-state index is -0.672. The van der Waals surface area contributed by atoms with Crippen LogP contribution in [0.15, 0.2) is 12.2 Å². The molecular formula is C8H12Cl2O. The Bertz CT molecular complexity index is 177. The molecule has 1 N–H and O–H groups in total. The van der Waals surface area contributed by atoms with Gasteiger partial charge in [0.2, 0.25) is 0 Å². The highest BCUT2D eigenvalue weighted by molar-refractivity contribution is 6.50. The van der Waals surface area contributed by atoms with Gasteiger partial charge in [-0.25, -0.2) is 0 Å². The van der Waals surface area contributed by atoms with E-state index in [1.807, 2.05) is 6.92 Å². The lowest BCUT2D eigenvalue weighted by Gasteiger charge is -2.09. The number of hydrogen-bond donors (Lipinski definition) is 1. The largest absolute Gasteiger partial charge is 0.392 e. The van der Waals surface area contributed by atoms with E-state index in [-0.39, 0.29) is 5.92 Å². The van der Waals surface area contributed by atoms with E-state index in [0.29, 0.717) is 12.8 Å². The molecule has 11 heavy (non-hydrogen) atoms. The molecule has 1 nitrogen and oxygen atoms in total. The van der Waals surface area contributed by atoms with Gasteiger partial charge in [-0.15, -0.1) is 29.8 Å². The van der Waals surface area contributed by atoms with E-state index in [2.05, 4.69) is 6.58 Å². The van der Waals surface area contributed by atoms with Gasteiger partial charge in [-0.1, -0.05) is 5.57 Å². The average Bonchev–Trinajstić information content (AvgIpc) is 2.38. The van der Waals surface area contributed by atoms with Crippen LogP contribution in [-0.4, -0.2) is 15.5 Å². The maximum Gasteiger partial charge on any atom is 0.124 e. The van der Waals surface area contributed by atoms with Gasteiger partial charge in [-0.2, -0.15) is 0 Å². The quantitative estimate of drug-likeness (QED) is 0.541. The fraction of sp³-hybridized carbons (Fsp3) is 0.750. The Balaban J connectivity index is 2.34. The fourth-order valence-corrected chi connectivity index (χ4v) is 1.77. The normalized spacial score (nSPS) is 29.6. The summed E-state index contributed by atoms with van der Waals surface area (Å²) in [5, 5.41) is 9.47. The van der Waals surface area contributed by atoms with Crippen LogP contribution in [0, 0.1) is 5.92 Å². The van der Waals surface area contributed by atoms with Crippen molar-refractivity contribution in [3.05, 3.63) is 12.2 Å². The van der Waals surface area contributed by atoms with Gasteiger partial charge in [0, 0.05) is 5.92 Å². The maximum atomic E-state index is 9.47. The molecule has 0 bridgehead atoms. The van der Waals surface area contributed by atoms with E-state index in [1.165, 1.54) is 0 Å². The Hall–Kier alpha value is 0.280. The van der Waals surface area contributed by atoms with Gasteiger partial charge in [0.1, 0.15) is 4.33 Å². The summed E-state index contributed by atoms with van der Waals surface area (Å²) in [5.74, 6) is 0.0440. The van der Waals surface area contributed by atoms with Crippen LogP contribution < -0.4 is 0 Å². The van der Waals surface area contributed by atoms with Crippen molar-refractivity contribution in [1.82, 2.24) is 0 Å². The van der Waals surface area contributed by atoms with Crippen LogP contribution in [0.5, 0.6) is 0 Å². The Morgan fingerprint density at radius 3 is 2.55 bits per heavy atom. The molecule has 64 valence electrons. The highest BCUT2D eigenvalue weighted by Crippen LogP contribution is 2.55. The summed E-state index contributed by atoms with van der Waals surface area (Å²) in [5.41, 5.74) is 0.966. The molecular weight excluding hydrogens is 183 g/mol. The summed E-state index contributed by atoms with van der Waals surface area (Å²) < 4.78 is -0.672. The molecule has 0 amide bonds. The van der Waals surface area contributed by atoms with Crippen molar-refractivity contribution >= 4 is 23.2 Å². The third-order valence-electron chi connectivity index (χ3n) is 1.90. The van der Waals surface area contributed by atoms with E-state index in [1.54, 1.807) is 0 Å². The monoisotopic (exact) mass is 194 g/mol. The summed E-state index contributed by atoms with van der Waals surface area (Å²) in [7, 11) is 0. The second kappa shape index (κ2) is 2.96. The zero-order valence-corrected chi connectivity index (χ0v) is 7.99. The third-order valence-corrected chi connectivity index (χ3v) is 2.77. The third kappa shape index (κ3) is 2.36. The topological polar surface area (TPSA) is 20.2 Å². The number of aliphatic hydroxyl groups excluding tert-OH is 1. The van der Waals surface area contributed by atoms with E-state index in [0.717, 1.165) is 5.57 Å². The van der Waals surface area contributed by atoms with Gasteiger partial charge in [0.05, 0.1) is 6.10 Å². The molecule has 0 radical (unpaired) electrons. The fourth-order valence-electron chi connectivity index (χ4n) is 1.15. The number of rotatable bonds is 3. The second-order valence-corrected chi connectivity index (χ2v) is 4.84. The summed E-state index contributed by atoms with van der Waals surface area (Å²) >= 11 is 11.5. The molecule has 1 fully saturated rings. The van der Waals surface area contributed by atoms with Crippen molar-refractivity contribution in [2.24, 2.45) is 5.92 Å². The molecule has 2 atom stereocenters. The first-order valence-electron chi connectivity index (χ1n) is 3.64. The summed E-state index contributed by atoms with van der Waals surface area (Å²) in [4.78, 5) is 0. The molecule has 1 aliphatic carbocycles. The lowest BCUT2D eigenvalue weighted by molar-refractivity contribution is 0.150. The van der Waals surface area contributed by atoms with Gasteiger partial charge >= 0.3 is 0 Å². The number of halogens is 2. The lowest BCUT2D eigenvalue weighted by atomic mass is 10.1. The van der Waals surface area contributed by atoms with E-state index in [4.69, 9.17) is 23.2 Å². The second-order valence-electron chi connectivity index (χ2n) is 3.30. The van der Waals surface area contributed by atoms with E-state index < -0.39 is 10.4 Å². The molecule has 0 aromatic carbocycles. The smallest absolute Gasteiger partial charge is 0.124 e. The number of hydrogen-bond acceptors (Lipinski definition) is 1. The summed E-state index contributed by atoms with van der Waals surface area (Å²) in [6.45, 7) is 5.59. The Labute approximate surface area is 77.0 Å². The number of aliphatic hydroxyl groups is 1. The average molecular weight is 195 g/mol. The van der Waals surface area contributed by atoms with Crippen molar-refractivity contribution in [2.75, 3.05) is 0 Å². The molecule has 0 aromatic rings. The Morgan fingerprint density at radius 2 is 2.27 bits per heavy atom. The summed E-state index contributed by atoms with van der Waals surface area (Å²) in [6.07, 6.45) is 0.888. The Morgan fingerprint density at radius 1 is 1.82 bits per heavy atom. The molecule has 0 spiro atoms. The van der Waals surface area contributed by atoms with Crippen molar-refractivity contribution in [3.8, 4) is 0 Å². The van der Waals surface area contributed by atoms with Crippen LogP contribution in [0.25, 0.3) is 0 Å². The molecule has 0 heterocycles. The first kappa shape index (κ1) is 9.37. The molecule has 0 aliphatic heterocycles. The SMILES string of the molecule is C=C(C)CC(O)C1CC1(Cl)Cl. The molecule has 1 saturated carbocycles. The van der Waals surface area contributed by atoms with Gasteiger partial charge in [-0.3, -0.25) is 0 Å². The zero-order valence-electron chi connectivity index (χ0n) is 6.48. The van der Waals surface area contributed by atoms with Crippen LogP contribution >= 0.6 is 23.2 Å². The van der Waals surface area contributed by atoms with Gasteiger partial charge in [0.25, 0.3) is 0 Å². The number of alkyl halides is 2. The van der Waals surface area contributed by atoms with Gasteiger partial charge < -0.3 is 5.11 Å². The van der Waals surface area contributed by atoms with E-state index in [9.17, 15) is 5.11 Å². The standard InChI is InChI=1S/C8H12Cl2O/c1-5(2)3-7(11)6-4-8(6,9)10/h6-7,11H,1,3-4H2,2H3. The Kier molecular flexibility index (Phi) is 2.53. The van der Waals surface area contributed by atoms with Gasteiger partial charge in [-0.05, 0) is 19.8 Å². The van der Waals surface area contributed by atoms with E-state index >= 15 is 0 Å². The molecule has 0 saturated heterocycles. The molecule has 0 aromatic heterocycles. The van der Waals surface area contributed by atoms with Crippen LogP contribution in [0.4, 0.5) is 0 Å². The predicted octanol–water partition coefficient (Wildman–Crippen LogP) is 2.51. The van der Waals surface area contributed by atoms with Crippen LogP contribution in [-0.2, 0) is 0 Å². The van der Waals surface area contributed by atoms with Gasteiger partial charge in [0.15, 0.2) is 0 Å². The lowest BCUT2D eigenvalue weighted by Crippen LogP contribution is -2.13. The first-order valence-corrected chi connectivity index (χ1v) is 4.39. The van der Waals surface area contributed by atoms with Crippen molar-refractivity contribution in [1.29, 1.82) is 0 Å². The highest BCUT2D eigenvalue weighted by atomic mass is 35.5. The highest BCUT2D eigenvalue weighted by Gasteiger charge is 2.55. The molecule has 2 unspecified atom stereocenters. The zero-order chi connectivity index (χ0) is 8.65. The van der Waals surface area contributed by atoms with Crippen LogP contribution in [0.3, 0.4) is 0 Å². The molecule has 3 heteroatoms. The van der Waals surface area contributed by atoms with Crippen molar-refractivity contribution in [2.45, 2.75) is 30.2 Å².